The number of fused-ring (bicyclic) bond motifs is 1. The lowest BCUT2D eigenvalue weighted by atomic mass is 10.1. The standard InChI is InChI=1S/C19H14O2S/c1-13(20)11-12-16-18(21)15-9-5-6-10-17(15)22-19(16)14-7-3-2-4-8-14/h2-10,13,20H,1H3. The zero-order valence-corrected chi connectivity index (χ0v) is 12.9. The van der Waals surface area contributed by atoms with Crippen LogP contribution >= 0.6 is 11.3 Å². The quantitative estimate of drug-likeness (QED) is 0.697. The lowest BCUT2D eigenvalue weighted by molar-refractivity contribution is 0.253. The highest BCUT2D eigenvalue weighted by Gasteiger charge is 2.12. The summed E-state index contributed by atoms with van der Waals surface area (Å²) in [6, 6.07) is 17.3. The van der Waals surface area contributed by atoms with Crippen LogP contribution in [-0.2, 0) is 0 Å². The second kappa shape index (κ2) is 6.15. The van der Waals surface area contributed by atoms with Gasteiger partial charge in [0.2, 0.25) is 5.43 Å². The molecule has 1 heterocycles. The van der Waals surface area contributed by atoms with Crippen molar-refractivity contribution in [2.24, 2.45) is 0 Å². The fraction of sp³-hybridized carbons (Fsp3) is 0.105. The number of benzene rings is 2. The molecule has 2 aromatic carbocycles. The van der Waals surface area contributed by atoms with Crippen molar-refractivity contribution >= 4 is 21.4 Å². The maximum Gasteiger partial charge on any atom is 0.204 e. The van der Waals surface area contributed by atoms with E-state index in [0.29, 0.717) is 10.9 Å². The molecule has 0 fully saturated rings. The van der Waals surface area contributed by atoms with Crippen LogP contribution < -0.4 is 5.43 Å². The van der Waals surface area contributed by atoms with Crippen LogP contribution in [-0.4, -0.2) is 11.2 Å². The Morgan fingerprint density at radius 1 is 1.05 bits per heavy atom. The fourth-order valence-corrected chi connectivity index (χ4v) is 3.36. The van der Waals surface area contributed by atoms with Gasteiger partial charge in [0.05, 0.1) is 10.4 Å². The van der Waals surface area contributed by atoms with Gasteiger partial charge in [-0.2, -0.15) is 0 Å². The van der Waals surface area contributed by atoms with E-state index < -0.39 is 6.10 Å². The van der Waals surface area contributed by atoms with Gasteiger partial charge in [-0.1, -0.05) is 54.3 Å². The van der Waals surface area contributed by atoms with Crippen molar-refractivity contribution in [3.05, 3.63) is 70.4 Å². The van der Waals surface area contributed by atoms with Crippen molar-refractivity contribution in [2.75, 3.05) is 0 Å². The van der Waals surface area contributed by atoms with E-state index in [2.05, 4.69) is 11.8 Å². The Labute approximate surface area is 132 Å². The van der Waals surface area contributed by atoms with Crippen LogP contribution in [0.5, 0.6) is 0 Å². The van der Waals surface area contributed by atoms with Crippen LogP contribution in [0.1, 0.15) is 12.5 Å². The van der Waals surface area contributed by atoms with Gasteiger partial charge in [-0.05, 0) is 24.6 Å². The van der Waals surface area contributed by atoms with Crippen LogP contribution in [0.25, 0.3) is 20.5 Å². The molecule has 1 unspecified atom stereocenters. The van der Waals surface area contributed by atoms with Gasteiger partial charge in [0.15, 0.2) is 0 Å². The SMILES string of the molecule is CC(O)C#Cc1c(-c2ccccc2)sc2ccccc2c1=O. The highest BCUT2D eigenvalue weighted by molar-refractivity contribution is 7.21. The van der Waals surface area contributed by atoms with Crippen molar-refractivity contribution in [2.45, 2.75) is 13.0 Å². The molecule has 0 aliphatic heterocycles. The maximum atomic E-state index is 12.8. The van der Waals surface area contributed by atoms with E-state index in [-0.39, 0.29) is 5.43 Å². The third kappa shape index (κ3) is 2.80. The molecule has 0 aliphatic rings. The second-order valence-corrected chi connectivity index (χ2v) is 6.00. The van der Waals surface area contributed by atoms with E-state index >= 15 is 0 Å². The average Bonchev–Trinajstić information content (AvgIpc) is 2.54. The highest BCUT2D eigenvalue weighted by atomic mass is 32.1. The summed E-state index contributed by atoms with van der Waals surface area (Å²) >= 11 is 1.55. The number of hydrogen-bond acceptors (Lipinski definition) is 3. The third-order valence-electron chi connectivity index (χ3n) is 3.24. The average molecular weight is 306 g/mol. The lowest BCUT2D eigenvalue weighted by Gasteiger charge is -2.06. The molecular formula is C19H14O2S. The summed E-state index contributed by atoms with van der Waals surface area (Å²) < 4.78 is 0.939. The van der Waals surface area contributed by atoms with E-state index in [1.165, 1.54) is 0 Å². The van der Waals surface area contributed by atoms with E-state index in [9.17, 15) is 9.90 Å². The maximum absolute atomic E-state index is 12.8. The fourth-order valence-electron chi connectivity index (χ4n) is 2.22. The lowest BCUT2D eigenvalue weighted by Crippen LogP contribution is -2.07. The van der Waals surface area contributed by atoms with E-state index in [0.717, 1.165) is 15.1 Å². The molecule has 0 saturated heterocycles. The summed E-state index contributed by atoms with van der Waals surface area (Å²) in [5.74, 6) is 5.56. The first-order chi connectivity index (χ1) is 10.7. The summed E-state index contributed by atoms with van der Waals surface area (Å²) in [6.07, 6.45) is -0.764. The van der Waals surface area contributed by atoms with Crippen LogP contribution in [0.4, 0.5) is 0 Å². The largest absolute Gasteiger partial charge is 0.381 e. The predicted molar refractivity (Wildman–Crippen MR) is 92.1 cm³/mol. The highest BCUT2D eigenvalue weighted by Crippen LogP contribution is 2.30. The van der Waals surface area contributed by atoms with Gasteiger partial charge in [0.25, 0.3) is 0 Å². The van der Waals surface area contributed by atoms with E-state index in [4.69, 9.17) is 0 Å². The molecule has 22 heavy (non-hydrogen) atoms. The van der Waals surface area contributed by atoms with E-state index in [1.54, 1.807) is 18.3 Å². The summed E-state index contributed by atoms with van der Waals surface area (Å²) in [6.45, 7) is 1.59. The summed E-state index contributed by atoms with van der Waals surface area (Å²) in [5.41, 5.74) is 1.34. The summed E-state index contributed by atoms with van der Waals surface area (Å²) in [7, 11) is 0. The monoisotopic (exact) mass is 306 g/mol. The van der Waals surface area contributed by atoms with Gasteiger partial charge in [-0.3, -0.25) is 4.79 Å². The van der Waals surface area contributed by atoms with Crippen molar-refractivity contribution in [3.8, 4) is 22.3 Å². The number of rotatable bonds is 1. The Morgan fingerprint density at radius 2 is 1.73 bits per heavy atom. The molecule has 3 heteroatoms. The molecule has 1 atom stereocenters. The molecule has 2 nitrogen and oxygen atoms in total. The normalized spacial score (nSPS) is 11.7. The smallest absolute Gasteiger partial charge is 0.204 e. The molecule has 0 aliphatic carbocycles. The molecule has 0 saturated carbocycles. The third-order valence-corrected chi connectivity index (χ3v) is 4.46. The van der Waals surface area contributed by atoms with E-state index in [1.807, 2.05) is 54.6 Å². The molecule has 0 spiro atoms. The van der Waals surface area contributed by atoms with Crippen LogP contribution in [0, 0.1) is 11.8 Å². The number of aliphatic hydroxyl groups excluding tert-OH is 1. The van der Waals surface area contributed by atoms with Gasteiger partial charge in [0.1, 0.15) is 6.10 Å². The number of aliphatic hydroxyl groups is 1. The molecule has 0 amide bonds. The Balaban J connectivity index is 2.37. The van der Waals surface area contributed by atoms with Crippen LogP contribution in [0.3, 0.4) is 0 Å². The minimum atomic E-state index is -0.764. The van der Waals surface area contributed by atoms with Crippen molar-refractivity contribution in [1.82, 2.24) is 0 Å². The summed E-state index contributed by atoms with van der Waals surface area (Å²) in [5, 5.41) is 10.1. The zero-order chi connectivity index (χ0) is 15.5. The zero-order valence-electron chi connectivity index (χ0n) is 12.0. The Bertz CT molecular complexity index is 928. The van der Waals surface area contributed by atoms with Gasteiger partial charge < -0.3 is 5.11 Å². The first kappa shape index (κ1) is 14.5. The van der Waals surface area contributed by atoms with Gasteiger partial charge in [0, 0.05) is 10.1 Å². The topological polar surface area (TPSA) is 37.3 Å². The molecule has 1 N–H and O–H groups in total. The van der Waals surface area contributed by atoms with Crippen LogP contribution in [0.2, 0.25) is 0 Å². The molecule has 3 aromatic rings. The van der Waals surface area contributed by atoms with Crippen LogP contribution in [0.15, 0.2) is 59.4 Å². The van der Waals surface area contributed by atoms with Gasteiger partial charge in [-0.25, -0.2) is 0 Å². The molecule has 0 bridgehead atoms. The first-order valence-electron chi connectivity index (χ1n) is 6.97. The van der Waals surface area contributed by atoms with Crippen molar-refractivity contribution < 1.29 is 5.11 Å². The Kier molecular flexibility index (Phi) is 4.06. The van der Waals surface area contributed by atoms with Crippen molar-refractivity contribution in [3.63, 3.8) is 0 Å². The molecule has 108 valence electrons. The van der Waals surface area contributed by atoms with Gasteiger partial charge in [-0.15, -0.1) is 11.3 Å². The molecule has 1 aromatic heterocycles. The first-order valence-corrected chi connectivity index (χ1v) is 7.79. The second-order valence-electron chi connectivity index (χ2n) is 4.94. The molecule has 3 rings (SSSR count). The Hall–Kier alpha value is -2.41. The minimum absolute atomic E-state index is 0.0821. The Morgan fingerprint density at radius 3 is 2.45 bits per heavy atom. The predicted octanol–water partition coefficient (Wildman–Crippen LogP) is 3.66. The molecule has 0 radical (unpaired) electrons. The molecular weight excluding hydrogens is 292 g/mol. The van der Waals surface area contributed by atoms with Gasteiger partial charge >= 0.3 is 0 Å². The summed E-state index contributed by atoms with van der Waals surface area (Å²) in [4.78, 5) is 13.6. The minimum Gasteiger partial charge on any atom is -0.381 e. The number of hydrogen-bond donors (Lipinski definition) is 1. The van der Waals surface area contributed by atoms with Crippen molar-refractivity contribution in [1.29, 1.82) is 0 Å².